The summed E-state index contributed by atoms with van der Waals surface area (Å²) in [5.41, 5.74) is 0.913. The minimum absolute atomic E-state index is 0.139. The minimum Gasteiger partial charge on any atom is -0.504 e. The first-order valence-electron chi connectivity index (χ1n) is 12.3. The number of nitrogens with zero attached hydrogens (tertiary/aromatic N) is 1. The zero-order chi connectivity index (χ0) is 29.2. The summed E-state index contributed by atoms with van der Waals surface area (Å²) in [6, 6.07) is 18.0. The lowest BCUT2D eigenvalue weighted by Gasteiger charge is -2.19. The molecule has 0 heterocycles. The maximum Gasteiger partial charge on any atom is 0.420 e. The molecule has 0 aromatic heterocycles. The van der Waals surface area contributed by atoms with Crippen molar-refractivity contribution in [3.8, 4) is 28.7 Å². The van der Waals surface area contributed by atoms with E-state index in [1.54, 1.807) is 18.2 Å². The van der Waals surface area contributed by atoms with E-state index in [2.05, 4.69) is 0 Å². The summed E-state index contributed by atoms with van der Waals surface area (Å²) in [6.45, 7) is 3.66. The van der Waals surface area contributed by atoms with Gasteiger partial charge in [0.15, 0.2) is 11.5 Å². The molecule has 4 rings (SSSR count). The second-order valence-corrected chi connectivity index (χ2v) is 9.64. The quantitative estimate of drug-likeness (QED) is 0.116. The first-order valence-corrected chi connectivity index (χ1v) is 12.3. The van der Waals surface area contributed by atoms with Crippen molar-refractivity contribution in [2.45, 2.75) is 38.8 Å². The average Bonchev–Trinajstić information content (AvgIpc) is 2.91. The molecule has 0 saturated carbocycles. The summed E-state index contributed by atoms with van der Waals surface area (Å²) in [6.07, 6.45) is -4.42. The number of alkyl halides is 3. The third-order valence-electron chi connectivity index (χ3n) is 6.43. The molecule has 0 spiro atoms. The Kier molecular flexibility index (Phi) is 7.90. The Hall–Kier alpha value is -4.73. The highest BCUT2D eigenvalue weighted by Gasteiger charge is 2.36. The summed E-state index contributed by atoms with van der Waals surface area (Å²) in [5.74, 6) is -2.13. The lowest BCUT2D eigenvalue weighted by Crippen LogP contribution is -2.08. The van der Waals surface area contributed by atoms with Crippen molar-refractivity contribution in [2.24, 2.45) is 0 Å². The largest absolute Gasteiger partial charge is 0.504 e. The summed E-state index contributed by atoms with van der Waals surface area (Å²) >= 11 is 0. The highest BCUT2D eigenvalue weighted by molar-refractivity contribution is 5.59. The molecule has 208 valence electrons. The van der Waals surface area contributed by atoms with Crippen molar-refractivity contribution in [1.29, 1.82) is 0 Å². The second kappa shape index (κ2) is 11.2. The Labute approximate surface area is 227 Å². The molecule has 40 heavy (non-hydrogen) atoms. The number of hydrogen-bond donors (Lipinski definition) is 3. The van der Waals surface area contributed by atoms with E-state index in [1.165, 1.54) is 6.07 Å². The Morgan fingerprint density at radius 2 is 1.40 bits per heavy atom. The van der Waals surface area contributed by atoms with Gasteiger partial charge in [0.25, 0.3) is 5.69 Å². The molecule has 0 aliphatic carbocycles. The van der Waals surface area contributed by atoms with Crippen LogP contribution in [0.1, 0.15) is 53.1 Å². The lowest BCUT2D eigenvalue weighted by atomic mass is 9.94. The zero-order valence-corrected chi connectivity index (χ0v) is 21.6. The molecule has 7 nitrogen and oxygen atoms in total. The number of aromatic hydroxyl groups is 3. The van der Waals surface area contributed by atoms with Crippen LogP contribution in [0.5, 0.6) is 28.7 Å². The summed E-state index contributed by atoms with van der Waals surface area (Å²) < 4.78 is 46.6. The van der Waals surface area contributed by atoms with Gasteiger partial charge in [0.2, 0.25) is 5.75 Å². The van der Waals surface area contributed by atoms with Gasteiger partial charge >= 0.3 is 6.18 Å². The van der Waals surface area contributed by atoms with Crippen LogP contribution in [0.4, 0.5) is 18.9 Å². The van der Waals surface area contributed by atoms with Crippen LogP contribution < -0.4 is 4.74 Å². The third-order valence-corrected chi connectivity index (χ3v) is 6.43. The van der Waals surface area contributed by atoms with Gasteiger partial charge in [0, 0.05) is 36.1 Å². The van der Waals surface area contributed by atoms with E-state index in [9.17, 15) is 38.6 Å². The number of hydrogen-bond acceptors (Lipinski definition) is 6. The number of benzene rings is 4. The smallest absolute Gasteiger partial charge is 0.420 e. The maximum atomic E-state index is 13.7. The van der Waals surface area contributed by atoms with E-state index in [1.807, 2.05) is 44.2 Å². The van der Waals surface area contributed by atoms with Gasteiger partial charge < -0.3 is 20.1 Å². The van der Waals surface area contributed by atoms with E-state index in [-0.39, 0.29) is 18.1 Å². The number of rotatable bonds is 8. The topological polar surface area (TPSA) is 113 Å². The van der Waals surface area contributed by atoms with Crippen molar-refractivity contribution < 1.29 is 38.2 Å². The summed E-state index contributed by atoms with van der Waals surface area (Å²) in [4.78, 5) is 10.1. The standard InChI is InChI=1S/C30H26F3NO6/c1-17(2)23-14-19(8-10-25(23)40-26-11-9-22(34(38)39)16-24(26)30(31,32)33)13-21-15-20(27(35)29(37)28(21)36)12-18-6-4-3-5-7-18/h3-11,14-17,35-37H,12-13H2,1-2H3. The van der Waals surface area contributed by atoms with Gasteiger partial charge in [-0.15, -0.1) is 0 Å². The molecule has 0 bridgehead atoms. The van der Waals surface area contributed by atoms with E-state index < -0.39 is 45.3 Å². The fraction of sp³-hybridized carbons (Fsp3) is 0.200. The monoisotopic (exact) mass is 553 g/mol. The number of halogens is 3. The third kappa shape index (κ3) is 6.12. The lowest BCUT2D eigenvalue weighted by molar-refractivity contribution is -0.385. The molecular weight excluding hydrogens is 527 g/mol. The SMILES string of the molecule is CC(C)c1cc(Cc2cc(Cc3ccccc3)c(O)c(O)c2O)ccc1Oc1ccc([N+](=O)[O-])cc1C(F)(F)F. The number of phenols is 3. The summed E-state index contributed by atoms with van der Waals surface area (Å²) in [5, 5.41) is 42.3. The molecule has 3 N–H and O–H groups in total. The molecule has 0 amide bonds. The van der Waals surface area contributed by atoms with E-state index >= 15 is 0 Å². The maximum absolute atomic E-state index is 13.7. The fourth-order valence-corrected chi connectivity index (χ4v) is 4.38. The van der Waals surface area contributed by atoms with Crippen molar-refractivity contribution in [3.05, 3.63) is 116 Å². The van der Waals surface area contributed by atoms with Crippen molar-refractivity contribution in [3.63, 3.8) is 0 Å². The predicted octanol–water partition coefficient (Wildman–Crippen LogP) is 7.83. The van der Waals surface area contributed by atoms with Crippen molar-refractivity contribution in [1.82, 2.24) is 0 Å². The number of phenolic OH excluding ortho intramolecular Hbond substituents is 3. The molecule has 0 aliphatic heterocycles. The molecule has 10 heteroatoms. The molecule has 0 atom stereocenters. The minimum atomic E-state index is -4.88. The molecule has 0 aliphatic rings. The van der Waals surface area contributed by atoms with Crippen LogP contribution in [0, 0.1) is 10.1 Å². The summed E-state index contributed by atoms with van der Waals surface area (Å²) in [7, 11) is 0. The van der Waals surface area contributed by atoms with Crippen LogP contribution in [-0.2, 0) is 19.0 Å². The van der Waals surface area contributed by atoms with Gasteiger partial charge in [-0.1, -0.05) is 56.3 Å². The van der Waals surface area contributed by atoms with Crippen LogP contribution >= 0.6 is 0 Å². The van der Waals surface area contributed by atoms with Gasteiger partial charge in [0.1, 0.15) is 17.1 Å². The molecular formula is C30H26F3NO6. The molecule has 4 aromatic rings. The molecule has 0 saturated heterocycles. The predicted molar refractivity (Wildman–Crippen MR) is 142 cm³/mol. The Morgan fingerprint density at radius 3 is 1.98 bits per heavy atom. The van der Waals surface area contributed by atoms with Crippen molar-refractivity contribution in [2.75, 3.05) is 0 Å². The normalized spacial score (nSPS) is 11.6. The van der Waals surface area contributed by atoms with Crippen molar-refractivity contribution >= 4 is 5.69 Å². The molecule has 0 radical (unpaired) electrons. The molecule has 0 unspecified atom stereocenters. The van der Waals surface area contributed by atoms with Crippen LogP contribution in [0.2, 0.25) is 0 Å². The van der Waals surface area contributed by atoms with Crippen LogP contribution in [0.3, 0.4) is 0 Å². The van der Waals surface area contributed by atoms with E-state index in [4.69, 9.17) is 4.74 Å². The Morgan fingerprint density at radius 1 is 0.800 bits per heavy atom. The molecule has 0 fully saturated rings. The van der Waals surface area contributed by atoms with Gasteiger partial charge in [-0.3, -0.25) is 10.1 Å². The highest BCUT2D eigenvalue weighted by atomic mass is 19.4. The number of nitro benzene ring substituents is 1. The van der Waals surface area contributed by atoms with Gasteiger partial charge in [0.05, 0.1) is 4.92 Å². The fourth-order valence-electron chi connectivity index (χ4n) is 4.38. The van der Waals surface area contributed by atoms with Crippen LogP contribution in [0.15, 0.2) is 72.8 Å². The van der Waals surface area contributed by atoms with E-state index in [0.29, 0.717) is 34.7 Å². The number of ether oxygens (including phenoxy) is 1. The number of nitro groups is 1. The van der Waals surface area contributed by atoms with Gasteiger partial charge in [-0.05, 0) is 40.8 Å². The zero-order valence-electron chi connectivity index (χ0n) is 21.6. The van der Waals surface area contributed by atoms with E-state index in [0.717, 1.165) is 17.7 Å². The average molecular weight is 554 g/mol. The highest BCUT2D eigenvalue weighted by Crippen LogP contribution is 2.44. The van der Waals surface area contributed by atoms with Gasteiger partial charge in [-0.2, -0.15) is 13.2 Å². The molecule has 4 aromatic carbocycles. The Bertz CT molecular complexity index is 1550. The number of non-ortho nitro benzene ring substituents is 1. The first-order chi connectivity index (χ1) is 18.8. The Balaban J connectivity index is 1.68. The second-order valence-electron chi connectivity index (χ2n) is 9.64. The van der Waals surface area contributed by atoms with Gasteiger partial charge in [-0.25, -0.2) is 0 Å². The van der Waals surface area contributed by atoms with Crippen LogP contribution in [0.25, 0.3) is 0 Å². The first kappa shape index (κ1) is 28.3. The van der Waals surface area contributed by atoms with Crippen LogP contribution in [-0.4, -0.2) is 20.2 Å².